The molecule has 6 nitrogen and oxygen atoms in total. The molecule has 0 saturated carbocycles. The van der Waals surface area contributed by atoms with Gasteiger partial charge in [-0.05, 0) is 37.1 Å². The standard InChI is InChI=1S/C42H70Br2N2O4S2/c1-3-5-7-9-11-13-15-17-19-21-23-25-27-33-46(34-28-26-24-22-20-18-16-14-12-10-8-6-4-2)52(49,50)42-36-38(44)30-32-40(42)39-31-29-37(43)35-41(39)51(45,47)48/h29-32,35-36H,3-28,33-34H2,1-2H3,(H2,45,47,48). The summed E-state index contributed by atoms with van der Waals surface area (Å²) in [5.41, 5.74) is 0.610. The Morgan fingerprint density at radius 3 is 1.08 bits per heavy atom. The van der Waals surface area contributed by atoms with Crippen molar-refractivity contribution in [2.75, 3.05) is 13.1 Å². The van der Waals surface area contributed by atoms with Crippen LogP contribution in [-0.2, 0) is 20.0 Å². The maximum Gasteiger partial charge on any atom is 0.243 e. The molecule has 0 unspecified atom stereocenters. The highest BCUT2D eigenvalue weighted by Gasteiger charge is 2.29. The number of primary sulfonamides is 1. The Hall–Kier alpha value is -0.780. The Morgan fingerprint density at radius 2 is 0.750 bits per heavy atom. The summed E-state index contributed by atoms with van der Waals surface area (Å²) in [7, 11) is -8.07. The largest absolute Gasteiger partial charge is 0.243 e. The molecule has 0 aliphatic carbocycles. The molecule has 0 aromatic heterocycles. The highest BCUT2D eigenvalue weighted by molar-refractivity contribution is 9.10. The van der Waals surface area contributed by atoms with Gasteiger partial charge >= 0.3 is 0 Å². The van der Waals surface area contributed by atoms with E-state index in [0.29, 0.717) is 27.6 Å². The van der Waals surface area contributed by atoms with E-state index >= 15 is 0 Å². The minimum atomic E-state index is -4.12. The number of unbranched alkanes of at least 4 members (excludes halogenated alkanes) is 24. The summed E-state index contributed by atoms with van der Waals surface area (Å²) in [6.07, 6.45) is 32.1. The summed E-state index contributed by atoms with van der Waals surface area (Å²) in [6.45, 7) is 5.42. The van der Waals surface area contributed by atoms with Crippen LogP contribution >= 0.6 is 31.9 Å². The van der Waals surface area contributed by atoms with Crippen LogP contribution in [0.3, 0.4) is 0 Å². The highest BCUT2D eigenvalue weighted by atomic mass is 79.9. The number of halogens is 2. The van der Waals surface area contributed by atoms with Crippen molar-refractivity contribution in [3.63, 3.8) is 0 Å². The van der Waals surface area contributed by atoms with E-state index in [4.69, 9.17) is 5.14 Å². The molecule has 0 bridgehead atoms. The first-order chi connectivity index (χ1) is 25.0. The van der Waals surface area contributed by atoms with Gasteiger partial charge in [-0.2, -0.15) is 4.31 Å². The van der Waals surface area contributed by atoms with Crippen LogP contribution in [0.1, 0.15) is 181 Å². The SMILES string of the molecule is CCCCCCCCCCCCCCCN(CCCCCCCCCCCCCCC)S(=O)(=O)c1cc(Br)ccc1-c1ccc(Br)cc1S(N)(=O)=O. The van der Waals surface area contributed by atoms with Crippen molar-refractivity contribution in [2.24, 2.45) is 5.14 Å². The lowest BCUT2D eigenvalue weighted by molar-refractivity contribution is 0.383. The smallest absolute Gasteiger partial charge is 0.225 e. The fraction of sp³-hybridized carbons (Fsp3) is 0.714. The number of nitrogens with zero attached hydrogens (tertiary/aromatic N) is 1. The van der Waals surface area contributed by atoms with Gasteiger partial charge in [-0.3, -0.25) is 0 Å². The average Bonchev–Trinajstić information content (AvgIpc) is 3.11. The predicted octanol–water partition coefficient (Wildman–Crippen LogP) is 13.7. The van der Waals surface area contributed by atoms with E-state index in [1.807, 2.05) is 0 Å². The third-order valence-electron chi connectivity index (χ3n) is 10.1. The molecule has 0 heterocycles. The number of nitrogens with two attached hydrogens (primary N) is 1. The quantitative estimate of drug-likeness (QED) is 0.0740. The molecular weight excluding hydrogens is 820 g/mol. The zero-order valence-electron chi connectivity index (χ0n) is 32.5. The fourth-order valence-corrected chi connectivity index (χ4v) is 10.5. The molecule has 0 spiro atoms. The highest BCUT2D eigenvalue weighted by Crippen LogP contribution is 2.37. The molecule has 0 aliphatic heterocycles. The van der Waals surface area contributed by atoms with Gasteiger partial charge in [0.15, 0.2) is 0 Å². The number of hydrogen-bond donors (Lipinski definition) is 1. The van der Waals surface area contributed by atoms with Crippen molar-refractivity contribution in [3.8, 4) is 11.1 Å². The van der Waals surface area contributed by atoms with Crippen molar-refractivity contribution in [2.45, 2.75) is 191 Å². The summed E-state index contributed by atoms with van der Waals surface area (Å²) in [5.74, 6) is 0. The van der Waals surface area contributed by atoms with Crippen molar-refractivity contribution in [3.05, 3.63) is 45.3 Å². The third kappa shape index (κ3) is 19.2. The van der Waals surface area contributed by atoms with Crippen LogP contribution in [0.15, 0.2) is 55.1 Å². The fourth-order valence-electron chi connectivity index (χ4n) is 6.99. The van der Waals surface area contributed by atoms with Crippen LogP contribution < -0.4 is 5.14 Å². The maximum absolute atomic E-state index is 14.5. The van der Waals surface area contributed by atoms with Crippen molar-refractivity contribution < 1.29 is 16.8 Å². The zero-order valence-corrected chi connectivity index (χ0v) is 37.3. The van der Waals surface area contributed by atoms with Crippen LogP contribution in [0, 0.1) is 0 Å². The van der Waals surface area contributed by atoms with Gasteiger partial charge in [-0.1, -0.05) is 212 Å². The van der Waals surface area contributed by atoms with Crippen LogP contribution in [0.25, 0.3) is 11.1 Å². The van der Waals surface area contributed by atoms with E-state index < -0.39 is 20.0 Å². The second-order valence-electron chi connectivity index (χ2n) is 14.7. The van der Waals surface area contributed by atoms with Crippen LogP contribution in [0.5, 0.6) is 0 Å². The van der Waals surface area contributed by atoms with E-state index in [2.05, 4.69) is 45.7 Å². The second kappa shape index (κ2) is 27.7. The third-order valence-corrected chi connectivity index (χ3v) is 14.0. The van der Waals surface area contributed by atoms with Crippen LogP contribution in [0.2, 0.25) is 0 Å². The summed E-state index contributed by atoms with van der Waals surface area (Å²) in [5, 5.41) is 5.62. The van der Waals surface area contributed by atoms with E-state index in [9.17, 15) is 16.8 Å². The predicted molar refractivity (Wildman–Crippen MR) is 229 cm³/mol. The molecule has 298 valence electrons. The van der Waals surface area contributed by atoms with E-state index in [0.717, 1.165) is 38.5 Å². The van der Waals surface area contributed by atoms with Crippen molar-refractivity contribution in [1.29, 1.82) is 0 Å². The first kappa shape index (κ1) is 47.4. The van der Waals surface area contributed by atoms with Gasteiger partial charge in [0.05, 0.1) is 9.79 Å². The van der Waals surface area contributed by atoms with Gasteiger partial charge in [0, 0.05) is 33.2 Å². The van der Waals surface area contributed by atoms with Gasteiger partial charge in [-0.15, -0.1) is 0 Å². The summed E-state index contributed by atoms with van der Waals surface area (Å²) < 4.78 is 57.1. The average molecular weight is 891 g/mol. The number of benzene rings is 2. The second-order valence-corrected chi connectivity index (χ2v) is 20.0. The van der Waals surface area contributed by atoms with Crippen LogP contribution in [0.4, 0.5) is 0 Å². The Kier molecular flexibility index (Phi) is 25.3. The normalized spacial score (nSPS) is 12.3. The maximum atomic E-state index is 14.5. The minimum Gasteiger partial charge on any atom is -0.225 e. The molecule has 0 fully saturated rings. The minimum absolute atomic E-state index is 0.0958. The van der Waals surface area contributed by atoms with Gasteiger partial charge in [0.2, 0.25) is 20.0 Å². The number of rotatable bonds is 32. The van der Waals surface area contributed by atoms with E-state index in [-0.39, 0.29) is 15.4 Å². The first-order valence-corrected chi connectivity index (χ1v) is 25.2. The topological polar surface area (TPSA) is 97.5 Å². The Bertz CT molecular complexity index is 1440. The molecular formula is C42H70Br2N2O4S2. The van der Waals surface area contributed by atoms with Gasteiger partial charge < -0.3 is 0 Å². The first-order valence-electron chi connectivity index (χ1n) is 20.6. The summed E-state index contributed by atoms with van der Waals surface area (Å²) in [6, 6.07) is 9.77. The summed E-state index contributed by atoms with van der Waals surface area (Å²) >= 11 is 6.83. The lowest BCUT2D eigenvalue weighted by atomic mass is 10.0. The molecule has 0 amide bonds. The lowest BCUT2D eigenvalue weighted by Gasteiger charge is -2.24. The van der Waals surface area contributed by atoms with Crippen LogP contribution in [-0.4, -0.2) is 34.2 Å². The molecule has 0 atom stereocenters. The molecule has 10 heteroatoms. The molecule has 2 rings (SSSR count). The lowest BCUT2D eigenvalue weighted by Crippen LogP contribution is -2.33. The molecule has 2 aromatic rings. The monoisotopic (exact) mass is 888 g/mol. The summed E-state index contributed by atoms with van der Waals surface area (Å²) in [4.78, 5) is -0.0151. The van der Waals surface area contributed by atoms with Gasteiger partial charge in [0.25, 0.3) is 0 Å². The molecule has 0 saturated heterocycles. The Labute approximate surface area is 336 Å². The van der Waals surface area contributed by atoms with E-state index in [1.165, 1.54) is 134 Å². The Balaban J connectivity index is 2.03. The van der Waals surface area contributed by atoms with Gasteiger partial charge in [-0.25, -0.2) is 22.0 Å². The molecule has 52 heavy (non-hydrogen) atoms. The molecule has 2 N–H and O–H groups in total. The molecule has 2 aromatic carbocycles. The van der Waals surface area contributed by atoms with Gasteiger partial charge in [0.1, 0.15) is 0 Å². The van der Waals surface area contributed by atoms with E-state index in [1.54, 1.807) is 34.6 Å². The number of hydrogen-bond acceptors (Lipinski definition) is 4. The Morgan fingerprint density at radius 1 is 0.462 bits per heavy atom. The zero-order chi connectivity index (χ0) is 38.1. The number of sulfonamides is 2. The van der Waals surface area contributed by atoms with Crippen molar-refractivity contribution >= 4 is 51.9 Å². The molecule has 0 aliphatic rings. The molecule has 0 radical (unpaired) electrons. The van der Waals surface area contributed by atoms with Crippen molar-refractivity contribution in [1.82, 2.24) is 4.31 Å².